The van der Waals surface area contributed by atoms with Gasteiger partial charge in [-0.25, -0.2) is 4.79 Å². The van der Waals surface area contributed by atoms with Gasteiger partial charge in [-0.2, -0.15) is 0 Å². The number of carbonyl (C=O) groups is 1. The monoisotopic (exact) mass is 352 g/mol. The lowest BCUT2D eigenvalue weighted by Crippen LogP contribution is -3.15. The Kier molecular flexibility index (Phi) is 8.47. The van der Waals surface area contributed by atoms with Crippen LogP contribution in [0.5, 0.6) is 0 Å². The van der Waals surface area contributed by atoms with Crippen molar-refractivity contribution >= 4 is 5.97 Å². The van der Waals surface area contributed by atoms with Gasteiger partial charge in [0.05, 0.1) is 25.2 Å². The minimum Gasteiger partial charge on any atom is -1.00 e. The normalized spacial score (nSPS) is 34.4. The third kappa shape index (κ3) is 4.98. The number of nitrogens with two attached hydrogens (primary N) is 1. The molecule has 0 aromatic carbocycles. The zero-order valence-electron chi connectivity index (χ0n) is 13.5. The zero-order chi connectivity index (χ0) is 13.9. The Morgan fingerprint density at radius 1 is 1.05 bits per heavy atom. The van der Waals surface area contributed by atoms with E-state index in [9.17, 15) is 4.79 Å². The van der Waals surface area contributed by atoms with Gasteiger partial charge < -0.3 is 39.8 Å². The summed E-state index contributed by atoms with van der Waals surface area (Å²) in [6, 6.07) is 2.12. The number of ether oxygens (including phenoxy) is 1. The fourth-order valence-corrected chi connectivity index (χ4v) is 4.49. The maximum Gasteiger partial charge on any atom is 0.361 e. The largest absolute Gasteiger partial charge is 1.00 e. The Morgan fingerprint density at radius 3 is 2.23 bits per heavy atom. The van der Waals surface area contributed by atoms with Crippen LogP contribution < -0.4 is 35.0 Å². The molecule has 2 saturated heterocycles. The molecule has 0 amide bonds. The molecule has 2 unspecified atom stereocenters. The highest BCUT2D eigenvalue weighted by Crippen LogP contribution is 2.24. The number of nitrogens with one attached hydrogen (secondary N) is 1. The Labute approximate surface area is 146 Å². The van der Waals surface area contributed by atoms with Gasteiger partial charge in [-0.1, -0.05) is 6.42 Å². The van der Waals surface area contributed by atoms with Gasteiger partial charge in [0.1, 0.15) is 6.10 Å². The summed E-state index contributed by atoms with van der Waals surface area (Å²) in [5, 5.41) is 2.22. The maximum absolute atomic E-state index is 12.0. The second-order valence-corrected chi connectivity index (χ2v) is 7.14. The number of fused-ring (bicyclic) bond motifs is 2. The number of hydrogen-bond donors (Lipinski definition) is 2. The van der Waals surface area contributed by atoms with Crippen LogP contribution in [0.1, 0.15) is 57.8 Å². The van der Waals surface area contributed by atoms with Crippen molar-refractivity contribution in [1.29, 1.82) is 0 Å². The minimum absolute atomic E-state index is 0. The molecule has 3 fully saturated rings. The Morgan fingerprint density at radius 2 is 1.64 bits per heavy atom. The molecule has 3 rings (SSSR count). The van der Waals surface area contributed by atoms with Crippen LogP contribution in [0.4, 0.5) is 0 Å². The number of halogens is 2. The van der Waals surface area contributed by atoms with Crippen LogP contribution in [0.15, 0.2) is 0 Å². The van der Waals surface area contributed by atoms with Crippen molar-refractivity contribution in [3.8, 4) is 0 Å². The average molecular weight is 353 g/mol. The number of hydrogen-bond acceptors (Lipinski definition) is 2. The van der Waals surface area contributed by atoms with Gasteiger partial charge in [-0.15, -0.1) is 0 Å². The van der Waals surface area contributed by atoms with Gasteiger partial charge in [0.2, 0.25) is 0 Å². The molecule has 3 N–H and O–H groups in total. The first kappa shape index (κ1) is 20.0. The predicted octanol–water partition coefficient (Wildman–Crippen LogP) is -6.36. The summed E-state index contributed by atoms with van der Waals surface area (Å²) in [5.74, 6) is 0.0135. The van der Waals surface area contributed by atoms with E-state index < -0.39 is 0 Å². The molecular formula is C16H30Cl2N2O2. The van der Waals surface area contributed by atoms with E-state index in [1.165, 1.54) is 44.9 Å². The van der Waals surface area contributed by atoms with Gasteiger partial charge in [0.25, 0.3) is 0 Å². The molecule has 2 atom stereocenters. The summed E-state index contributed by atoms with van der Waals surface area (Å²) in [6.45, 7) is 0.527. The first-order valence-corrected chi connectivity index (χ1v) is 8.58. The molecular weight excluding hydrogens is 323 g/mol. The van der Waals surface area contributed by atoms with Crippen LogP contribution in [-0.2, 0) is 9.53 Å². The van der Waals surface area contributed by atoms with Gasteiger partial charge in [0, 0.05) is 25.7 Å². The van der Waals surface area contributed by atoms with Crippen molar-refractivity contribution in [2.24, 2.45) is 0 Å². The number of piperidine rings is 1. The molecule has 0 aromatic rings. The van der Waals surface area contributed by atoms with E-state index in [2.05, 4.69) is 12.4 Å². The Hall–Kier alpha value is -0.0300. The smallest absolute Gasteiger partial charge is 0.361 e. The number of rotatable bonds is 4. The number of carbonyl (C=O) groups excluding carboxylic acids is 1. The average Bonchev–Trinajstić information content (AvgIpc) is 2.68. The van der Waals surface area contributed by atoms with E-state index in [0.29, 0.717) is 12.6 Å². The number of esters is 1. The van der Waals surface area contributed by atoms with Gasteiger partial charge in [-0.3, -0.25) is 0 Å². The standard InChI is InChI=1S/C16H28N2O2.2ClH/c1-18-13-7-8-14(18)10-15(9-13)20-16(19)11-17-12-5-3-2-4-6-12;;/h12-15,17H,2-11H2,1H3;2*1H. The molecule has 3 aliphatic rings. The van der Waals surface area contributed by atoms with Crippen molar-refractivity contribution < 1.29 is 44.6 Å². The lowest BCUT2D eigenvalue weighted by Gasteiger charge is -2.33. The highest BCUT2D eigenvalue weighted by atomic mass is 35.5. The van der Waals surface area contributed by atoms with Crippen LogP contribution in [0.25, 0.3) is 0 Å². The summed E-state index contributed by atoms with van der Waals surface area (Å²) in [5.41, 5.74) is 0. The molecule has 2 bridgehead atoms. The van der Waals surface area contributed by atoms with Gasteiger partial charge in [0.15, 0.2) is 6.54 Å². The molecule has 6 heteroatoms. The van der Waals surface area contributed by atoms with Crippen molar-refractivity contribution in [3.63, 3.8) is 0 Å². The fraction of sp³-hybridized carbons (Fsp3) is 0.938. The van der Waals surface area contributed by atoms with E-state index in [0.717, 1.165) is 24.9 Å². The zero-order valence-corrected chi connectivity index (χ0v) is 15.0. The molecule has 1 saturated carbocycles. The minimum atomic E-state index is 0. The SMILES string of the molecule is C[NH+]1C2CCC1CC(OC(=O)C[NH2+]C1CCCCC1)C2.[Cl-].[Cl-]. The molecule has 0 radical (unpaired) electrons. The molecule has 2 aliphatic heterocycles. The first-order chi connectivity index (χ1) is 9.72. The molecule has 2 heterocycles. The highest BCUT2D eigenvalue weighted by molar-refractivity contribution is 5.70. The summed E-state index contributed by atoms with van der Waals surface area (Å²) >= 11 is 0. The van der Waals surface area contributed by atoms with Gasteiger partial charge in [-0.05, 0) is 25.7 Å². The molecule has 0 spiro atoms. The summed E-state index contributed by atoms with van der Waals surface area (Å²) in [7, 11) is 2.30. The topological polar surface area (TPSA) is 47.4 Å². The molecule has 4 nitrogen and oxygen atoms in total. The van der Waals surface area contributed by atoms with Crippen LogP contribution >= 0.6 is 0 Å². The van der Waals surface area contributed by atoms with Gasteiger partial charge >= 0.3 is 5.97 Å². The lowest BCUT2D eigenvalue weighted by atomic mass is 9.95. The Bertz CT molecular complexity index is 337. The van der Waals surface area contributed by atoms with Crippen LogP contribution in [-0.4, -0.2) is 43.8 Å². The van der Waals surface area contributed by atoms with E-state index in [1.54, 1.807) is 4.90 Å². The second kappa shape index (κ2) is 9.31. The highest BCUT2D eigenvalue weighted by Gasteiger charge is 2.43. The molecule has 130 valence electrons. The van der Waals surface area contributed by atoms with E-state index in [4.69, 9.17) is 4.74 Å². The van der Waals surface area contributed by atoms with Crippen LogP contribution in [0, 0.1) is 0 Å². The molecule has 0 aromatic heterocycles. The lowest BCUT2D eigenvalue weighted by molar-refractivity contribution is -0.923. The molecule has 1 aliphatic carbocycles. The quantitative estimate of drug-likeness (QED) is 0.494. The third-order valence-corrected chi connectivity index (χ3v) is 5.81. The van der Waals surface area contributed by atoms with Crippen molar-refractivity contribution in [3.05, 3.63) is 0 Å². The summed E-state index contributed by atoms with van der Waals surface area (Å²) in [6.07, 6.45) is 11.6. The van der Waals surface area contributed by atoms with Crippen molar-refractivity contribution in [1.82, 2.24) is 0 Å². The predicted molar refractivity (Wildman–Crippen MR) is 76.5 cm³/mol. The van der Waals surface area contributed by atoms with E-state index in [-0.39, 0.29) is 36.9 Å². The van der Waals surface area contributed by atoms with Crippen LogP contribution in [0.3, 0.4) is 0 Å². The van der Waals surface area contributed by atoms with Crippen molar-refractivity contribution in [2.45, 2.75) is 82.0 Å². The fourth-order valence-electron chi connectivity index (χ4n) is 4.49. The van der Waals surface area contributed by atoms with E-state index in [1.807, 2.05) is 0 Å². The number of quaternary nitrogens is 2. The third-order valence-electron chi connectivity index (χ3n) is 5.81. The maximum atomic E-state index is 12.0. The second-order valence-electron chi connectivity index (χ2n) is 7.14. The first-order valence-electron chi connectivity index (χ1n) is 8.58. The Balaban J connectivity index is 0.00000121. The summed E-state index contributed by atoms with van der Waals surface area (Å²) in [4.78, 5) is 13.7. The van der Waals surface area contributed by atoms with Crippen molar-refractivity contribution in [2.75, 3.05) is 13.6 Å². The molecule has 22 heavy (non-hydrogen) atoms. The van der Waals surface area contributed by atoms with Crippen LogP contribution in [0.2, 0.25) is 0 Å². The summed E-state index contributed by atoms with van der Waals surface area (Å²) < 4.78 is 5.73. The van der Waals surface area contributed by atoms with E-state index >= 15 is 0 Å².